The lowest BCUT2D eigenvalue weighted by atomic mass is 10.2. The molecule has 4 rings (SSSR count). The van der Waals surface area contributed by atoms with Crippen molar-refractivity contribution < 1.29 is 22.9 Å². The van der Waals surface area contributed by atoms with Crippen LogP contribution in [0.25, 0.3) is 11.4 Å². The number of carbonyl (C=O) groups excluding carboxylic acids is 2. The van der Waals surface area contributed by atoms with E-state index in [1.165, 1.54) is 15.9 Å². The second-order valence-corrected chi connectivity index (χ2v) is 6.61. The summed E-state index contributed by atoms with van der Waals surface area (Å²) in [4.78, 5) is 31.5. The summed E-state index contributed by atoms with van der Waals surface area (Å²) in [5.74, 6) is -1.78. The smallest absolute Gasteiger partial charge is 0.325 e. The molecule has 8 nitrogen and oxygen atoms in total. The monoisotopic (exact) mass is 413 g/mol. The van der Waals surface area contributed by atoms with Crippen molar-refractivity contribution in [3.8, 4) is 11.4 Å². The van der Waals surface area contributed by atoms with Gasteiger partial charge in [0.15, 0.2) is 11.6 Å². The van der Waals surface area contributed by atoms with E-state index in [9.17, 15) is 18.4 Å². The zero-order valence-electron chi connectivity index (χ0n) is 15.7. The van der Waals surface area contributed by atoms with Gasteiger partial charge in [-0.15, -0.1) is 0 Å². The number of anilines is 1. The number of hydrogen-bond acceptors (Lipinski definition) is 5. The van der Waals surface area contributed by atoms with E-state index in [4.69, 9.17) is 4.52 Å². The number of nitrogens with zero attached hydrogens (tertiary/aromatic N) is 4. The molecule has 1 N–H and O–H groups in total. The number of urea groups is 1. The third-order valence-electron chi connectivity index (χ3n) is 4.58. The van der Waals surface area contributed by atoms with Gasteiger partial charge in [0, 0.05) is 30.4 Å². The predicted molar refractivity (Wildman–Crippen MR) is 102 cm³/mol. The van der Waals surface area contributed by atoms with E-state index in [-0.39, 0.29) is 37.8 Å². The third-order valence-corrected chi connectivity index (χ3v) is 4.58. The van der Waals surface area contributed by atoms with Crippen LogP contribution in [0, 0.1) is 11.6 Å². The molecule has 0 spiro atoms. The summed E-state index contributed by atoms with van der Waals surface area (Å²) in [6.07, 6.45) is 0. The maximum atomic E-state index is 13.4. The van der Waals surface area contributed by atoms with E-state index in [1.54, 1.807) is 0 Å². The van der Waals surface area contributed by atoms with Crippen LogP contribution in [0.15, 0.2) is 53.1 Å². The molecule has 1 saturated heterocycles. The first kappa shape index (κ1) is 19.5. The minimum absolute atomic E-state index is 0.0214. The quantitative estimate of drug-likeness (QED) is 0.671. The molecule has 1 fully saturated rings. The topological polar surface area (TPSA) is 91.6 Å². The first-order valence-corrected chi connectivity index (χ1v) is 9.17. The van der Waals surface area contributed by atoms with Gasteiger partial charge in [-0.2, -0.15) is 4.98 Å². The molecule has 0 aliphatic carbocycles. The molecule has 3 aromatic rings. The molecule has 10 heteroatoms. The second kappa shape index (κ2) is 8.27. The average molecular weight is 413 g/mol. The SMILES string of the molecule is O=C(CN1CCN(c2ccc(F)c(F)c2)C1=O)NCc1nc(-c2ccccc2)no1. The van der Waals surface area contributed by atoms with E-state index in [0.29, 0.717) is 5.82 Å². The van der Waals surface area contributed by atoms with Crippen LogP contribution in [0.4, 0.5) is 19.3 Å². The number of benzene rings is 2. The zero-order chi connectivity index (χ0) is 21.1. The first-order valence-electron chi connectivity index (χ1n) is 9.17. The highest BCUT2D eigenvalue weighted by atomic mass is 19.2. The van der Waals surface area contributed by atoms with Gasteiger partial charge >= 0.3 is 6.03 Å². The van der Waals surface area contributed by atoms with E-state index in [1.807, 2.05) is 30.3 Å². The molecule has 154 valence electrons. The Hall–Kier alpha value is -3.82. The summed E-state index contributed by atoms with van der Waals surface area (Å²) in [6.45, 7) is 0.386. The van der Waals surface area contributed by atoms with Crippen LogP contribution in [-0.4, -0.2) is 46.6 Å². The van der Waals surface area contributed by atoms with Crippen molar-refractivity contribution in [2.45, 2.75) is 6.54 Å². The van der Waals surface area contributed by atoms with E-state index in [0.717, 1.165) is 17.7 Å². The average Bonchev–Trinajstić information content (AvgIpc) is 3.37. The van der Waals surface area contributed by atoms with Gasteiger partial charge in [-0.3, -0.25) is 9.69 Å². The molecule has 2 aromatic carbocycles. The van der Waals surface area contributed by atoms with Crippen molar-refractivity contribution in [1.29, 1.82) is 0 Å². The van der Waals surface area contributed by atoms with Crippen molar-refractivity contribution in [3.05, 3.63) is 66.1 Å². The van der Waals surface area contributed by atoms with Crippen molar-refractivity contribution >= 4 is 17.6 Å². The Morgan fingerprint density at radius 1 is 1.10 bits per heavy atom. The standard InChI is InChI=1S/C20H17F2N5O3/c21-15-7-6-14(10-16(15)22)27-9-8-26(20(27)29)12-17(28)23-11-18-24-19(25-30-18)13-4-2-1-3-5-13/h1-7,10H,8-9,11-12H2,(H,23,28). The number of nitrogens with one attached hydrogen (secondary N) is 1. The van der Waals surface area contributed by atoms with E-state index < -0.39 is 23.6 Å². The van der Waals surface area contributed by atoms with Gasteiger partial charge in [-0.05, 0) is 12.1 Å². The Bertz CT molecular complexity index is 1070. The minimum atomic E-state index is -1.04. The summed E-state index contributed by atoms with van der Waals surface area (Å²) in [5.41, 5.74) is 1.03. The lowest BCUT2D eigenvalue weighted by molar-refractivity contribution is -0.121. The van der Waals surface area contributed by atoms with Crippen molar-refractivity contribution in [2.75, 3.05) is 24.5 Å². The Morgan fingerprint density at radius 3 is 2.67 bits per heavy atom. The second-order valence-electron chi connectivity index (χ2n) is 6.61. The maximum absolute atomic E-state index is 13.4. The molecule has 1 aliphatic rings. The van der Waals surface area contributed by atoms with Crippen LogP contribution in [0.2, 0.25) is 0 Å². The normalized spacial score (nSPS) is 13.7. The summed E-state index contributed by atoms with van der Waals surface area (Å²) in [6, 6.07) is 12.0. The minimum Gasteiger partial charge on any atom is -0.345 e. The highest BCUT2D eigenvalue weighted by Gasteiger charge is 2.31. The number of hydrogen-bond donors (Lipinski definition) is 1. The summed E-state index contributed by atoms with van der Waals surface area (Å²) < 4.78 is 31.6. The molecule has 0 bridgehead atoms. The Morgan fingerprint density at radius 2 is 1.90 bits per heavy atom. The molecule has 30 heavy (non-hydrogen) atoms. The zero-order valence-corrected chi connectivity index (χ0v) is 15.7. The van der Waals surface area contributed by atoms with E-state index >= 15 is 0 Å². The fourth-order valence-corrected chi connectivity index (χ4v) is 3.06. The third kappa shape index (κ3) is 4.12. The van der Waals surface area contributed by atoms with Crippen molar-refractivity contribution in [1.82, 2.24) is 20.4 Å². The Labute approximate surface area is 170 Å². The summed E-state index contributed by atoms with van der Waals surface area (Å²) in [5, 5.41) is 6.50. The molecule has 0 saturated carbocycles. The molecule has 0 radical (unpaired) electrons. The first-order chi connectivity index (χ1) is 14.5. The van der Waals surface area contributed by atoms with Gasteiger partial charge in [0.1, 0.15) is 6.54 Å². The molecular weight excluding hydrogens is 396 g/mol. The Balaban J connectivity index is 1.31. The van der Waals surface area contributed by atoms with Gasteiger partial charge in [0.05, 0.1) is 6.54 Å². The van der Waals surface area contributed by atoms with Gasteiger partial charge < -0.3 is 14.7 Å². The van der Waals surface area contributed by atoms with Crippen LogP contribution in [-0.2, 0) is 11.3 Å². The molecule has 1 aromatic heterocycles. The molecular formula is C20H17F2N5O3. The maximum Gasteiger partial charge on any atom is 0.325 e. The molecule has 0 atom stereocenters. The molecule has 0 unspecified atom stereocenters. The highest BCUT2D eigenvalue weighted by Crippen LogP contribution is 2.22. The van der Waals surface area contributed by atoms with Gasteiger partial charge in [0.25, 0.3) is 0 Å². The lowest BCUT2D eigenvalue weighted by Gasteiger charge is -2.18. The molecule has 1 aliphatic heterocycles. The highest BCUT2D eigenvalue weighted by molar-refractivity contribution is 5.96. The van der Waals surface area contributed by atoms with Gasteiger partial charge in [-0.25, -0.2) is 13.6 Å². The molecule has 2 heterocycles. The summed E-state index contributed by atoms with van der Waals surface area (Å²) in [7, 11) is 0. The fourth-order valence-electron chi connectivity index (χ4n) is 3.06. The van der Waals surface area contributed by atoms with Gasteiger partial charge in [-0.1, -0.05) is 35.5 Å². The Kier molecular flexibility index (Phi) is 5.38. The number of halogens is 2. The molecule has 3 amide bonds. The largest absolute Gasteiger partial charge is 0.345 e. The van der Waals surface area contributed by atoms with Crippen LogP contribution in [0.1, 0.15) is 5.89 Å². The van der Waals surface area contributed by atoms with Crippen LogP contribution < -0.4 is 10.2 Å². The van der Waals surface area contributed by atoms with Crippen molar-refractivity contribution in [2.24, 2.45) is 0 Å². The predicted octanol–water partition coefficient (Wildman–Crippen LogP) is 2.57. The van der Waals surface area contributed by atoms with E-state index in [2.05, 4.69) is 15.5 Å². The number of rotatable bonds is 6. The number of amides is 3. The number of aromatic nitrogens is 2. The van der Waals surface area contributed by atoms with Crippen LogP contribution >= 0.6 is 0 Å². The number of carbonyl (C=O) groups is 2. The van der Waals surface area contributed by atoms with Gasteiger partial charge in [0.2, 0.25) is 17.6 Å². The summed E-state index contributed by atoms with van der Waals surface area (Å²) >= 11 is 0. The lowest BCUT2D eigenvalue weighted by Crippen LogP contribution is -2.39. The van der Waals surface area contributed by atoms with Crippen LogP contribution in [0.3, 0.4) is 0 Å². The fraction of sp³-hybridized carbons (Fsp3) is 0.200. The van der Waals surface area contributed by atoms with Crippen LogP contribution in [0.5, 0.6) is 0 Å². The van der Waals surface area contributed by atoms with Crippen molar-refractivity contribution in [3.63, 3.8) is 0 Å².